The number of ether oxygens (including phenoxy) is 1. The van der Waals surface area contributed by atoms with Crippen LogP contribution in [0.5, 0.6) is 0 Å². The Morgan fingerprint density at radius 1 is 1.50 bits per heavy atom. The molecule has 2 heterocycles. The quantitative estimate of drug-likeness (QED) is 0.600. The molecule has 3 heteroatoms. The Balaban J connectivity index is 2.06. The number of hydrogen-bond acceptors (Lipinski definition) is 2. The van der Waals surface area contributed by atoms with Gasteiger partial charge in [-0.2, -0.15) is 0 Å². The molecule has 3 rings (SSSR count). The molecule has 0 spiro atoms. The molecule has 1 aliphatic carbocycles. The summed E-state index contributed by atoms with van der Waals surface area (Å²) in [5, 5.41) is 0. The number of carbonyl (C=O) groups is 1. The van der Waals surface area contributed by atoms with Crippen LogP contribution in [-0.4, -0.2) is 30.2 Å². The Morgan fingerprint density at radius 2 is 2.36 bits per heavy atom. The highest BCUT2D eigenvalue weighted by Gasteiger charge is 2.31. The van der Waals surface area contributed by atoms with Crippen molar-refractivity contribution in [2.45, 2.75) is 32.2 Å². The monoisotopic (exact) mass is 195 g/mol. The molecule has 0 radical (unpaired) electrons. The Hall–Kier alpha value is -0.990. The highest BCUT2D eigenvalue weighted by molar-refractivity contribution is 5.68. The van der Waals surface area contributed by atoms with E-state index >= 15 is 0 Å². The Morgan fingerprint density at radius 3 is 3.14 bits per heavy atom. The van der Waals surface area contributed by atoms with Gasteiger partial charge in [0, 0.05) is 6.54 Å². The smallest absolute Gasteiger partial charge is 0.410 e. The first-order chi connectivity index (χ1) is 6.81. The molecule has 3 nitrogen and oxygen atoms in total. The van der Waals surface area contributed by atoms with Crippen LogP contribution >= 0.6 is 0 Å². The maximum atomic E-state index is 11.6. The molecule has 1 amide bonds. The molecule has 0 aromatic rings. The SMILES string of the molecule is CCOC(=O)N1CC2C=CC1CCC2. The summed E-state index contributed by atoms with van der Waals surface area (Å²) in [5.41, 5.74) is 0. The maximum absolute atomic E-state index is 11.6. The Labute approximate surface area is 84.7 Å². The molecule has 1 fully saturated rings. The van der Waals surface area contributed by atoms with Crippen molar-refractivity contribution in [3.05, 3.63) is 12.2 Å². The van der Waals surface area contributed by atoms with Gasteiger partial charge in [-0.25, -0.2) is 4.79 Å². The minimum Gasteiger partial charge on any atom is -0.450 e. The molecule has 0 N–H and O–H groups in total. The van der Waals surface area contributed by atoms with Crippen molar-refractivity contribution >= 4 is 6.09 Å². The van der Waals surface area contributed by atoms with Crippen LogP contribution in [0.25, 0.3) is 0 Å². The van der Waals surface area contributed by atoms with Crippen LogP contribution in [0.4, 0.5) is 4.79 Å². The number of hydrogen-bond donors (Lipinski definition) is 0. The lowest BCUT2D eigenvalue weighted by atomic mass is 10.0. The van der Waals surface area contributed by atoms with Crippen LogP contribution in [0.15, 0.2) is 12.2 Å². The molecule has 0 aromatic heterocycles. The molecule has 14 heavy (non-hydrogen) atoms. The topological polar surface area (TPSA) is 29.5 Å². The van der Waals surface area contributed by atoms with Crippen molar-refractivity contribution in [3.8, 4) is 0 Å². The van der Waals surface area contributed by atoms with E-state index < -0.39 is 0 Å². The number of rotatable bonds is 1. The number of amides is 1. The van der Waals surface area contributed by atoms with Gasteiger partial charge in [0.2, 0.25) is 0 Å². The molecular weight excluding hydrogens is 178 g/mol. The zero-order chi connectivity index (χ0) is 9.97. The van der Waals surface area contributed by atoms with Crippen molar-refractivity contribution in [2.24, 2.45) is 5.92 Å². The van der Waals surface area contributed by atoms with Crippen molar-refractivity contribution in [2.75, 3.05) is 13.2 Å². The second-order valence-corrected chi connectivity index (χ2v) is 3.99. The second-order valence-electron chi connectivity index (χ2n) is 3.99. The Kier molecular flexibility index (Phi) is 2.75. The largest absolute Gasteiger partial charge is 0.450 e. The van der Waals surface area contributed by atoms with Crippen LogP contribution in [0, 0.1) is 5.92 Å². The van der Waals surface area contributed by atoms with Crippen LogP contribution in [0.3, 0.4) is 0 Å². The van der Waals surface area contributed by atoms with Gasteiger partial charge in [-0.15, -0.1) is 0 Å². The first-order valence-electron chi connectivity index (χ1n) is 5.43. The van der Waals surface area contributed by atoms with Crippen molar-refractivity contribution in [3.63, 3.8) is 0 Å². The lowest BCUT2D eigenvalue weighted by Crippen LogP contribution is -2.43. The molecule has 78 valence electrons. The predicted molar refractivity (Wildman–Crippen MR) is 54.0 cm³/mol. The Bertz CT molecular complexity index is 250. The van der Waals surface area contributed by atoms with Crippen molar-refractivity contribution in [1.82, 2.24) is 4.90 Å². The van der Waals surface area contributed by atoms with Crippen LogP contribution < -0.4 is 0 Å². The van der Waals surface area contributed by atoms with E-state index in [9.17, 15) is 4.79 Å². The number of nitrogens with zero attached hydrogens (tertiary/aromatic N) is 1. The van der Waals surface area contributed by atoms with Crippen LogP contribution in [0.2, 0.25) is 0 Å². The van der Waals surface area contributed by atoms with Gasteiger partial charge in [0.15, 0.2) is 0 Å². The first kappa shape index (κ1) is 9.56. The number of carbonyl (C=O) groups excluding carboxylic acids is 1. The third kappa shape index (κ3) is 1.76. The lowest BCUT2D eigenvalue weighted by Gasteiger charge is -2.31. The van der Waals surface area contributed by atoms with Crippen LogP contribution in [-0.2, 0) is 4.74 Å². The fourth-order valence-corrected chi connectivity index (χ4v) is 2.28. The summed E-state index contributed by atoms with van der Waals surface area (Å²) in [4.78, 5) is 13.5. The number of fused-ring (bicyclic) bond motifs is 3. The molecule has 1 saturated heterocycles. The maximum Gasteiger partial charge on any atom is 0.410 e. The fourth-order valence-electron chi connectivity index (χ4n) is 2.28. The average molecular weight is 195 g/mol. The zero-order valence-corrected chi connectivity index (χ0v) is 8.61. The fraction of sp³-hybridized carbons (Fsp3) is 0.727. The van der Waals surface area contributed by atoms with Gasteiger partial charge in [0.1, 0.15) is 0 Å². The molecule has 3 aliphatic rings. The molecule has 0 saturated carbocycles. The van der Waals surface area contributed by atoms with E-state index in [0.717, 1.165) is 13.0 Å². The van der Waals surface area contributed by atoms with E-state index in [-0.39, 0.29) is 12.1 Å². The van der Waals surface area contributed by atoms with E-state index in [2.05, 4.69) is 12.2 Å². The molecule has 2 atom stereocenters. The summed E-state index contributed by atoms with van der Waals surface area (Å²) in [5.74, 6) is 0.554. The van der Waals surface area contributed by atoms with Gasteiger partial charge in [0.25, 0.3) is 0 Å². The van der Waals surface area contributed by atoms with Gasteiger partial charge >= 0.3 is 6.09 Å². The molecule has 2 bridgehead atoms. The van der Waals surface area contributed by atoms with E-state index in [1.165, 1.54) is 12.8 Å². The van der Waals surface area contributed by atoms with E-state index in [1.807, 2.05) is 11.8 Å². The van der Waals surface area contributed by atoms with Gasteiger partial charge < -0.3 is 9.64 Å². The van der Waals surface area contributed by atoms with Gasteiger partial charge in [-0.05, 0) is 25.7 Å². The first-order valence-corrected chi connectivity index (χ1v) is 5.43. The molecular formula is C11H17NO2. The highest BCUT2D eigenvalue weighted by atomic mass is 16.6. The lowest BCUT2D eigenvalue weighted by molar-refractivity contribution is 0.0931. The summed E-state index contributed by atoms with van der Waals surface area (Å²) in [6.07, 6.45) is 7.80. The summed E-state index contributed by atoms with van der Waals surface area (Å²) in [6, 6.07) is 0.285. The third-order valence-electron chi connectivity index (χ3n) is 3.01. The zero-order valence-electron chi connectivity index (χ0n) is 8.61. The minimum atomic E-state index is -0.145. The van der Waals surface area contributed by atoms with Crippen molar-refractivity contribution < 1.29 is 9.53 Å². The molecule has 0 aromatic carbocycles. The molecule has 2 aliphatic heterocycles. The predicted octanol–water partition coefficient (Wildman–Crippen LogP) is 2.18. The average Bonchev–Trinajstić information content (AvgIpc) is 2.52. The highest BCUT2D eigenvalue weighted by Crippen LogP contribution is 2.28. The third-order valence-corrected chi connectivity index (χ3v) is 3.01. The molecule has 2 unspecified atom stereocenters. The standard InChI is InChI=1S/C11H17NO2/c1-2-14-11(13)12-8-9-4-3-5-10(12)7-6-9/h6-7,9-10H,2-5,8H2,1H3. The summed E-state index contributed by atoms with van der Waals surface area (Å²) < 4.78 is 5.04. The summed E-state index contributed by atoms with van der Waals surface area (Å²) in [6.45, 7) is 3.17. The van der Waals surface area contributed by atoms with Crippen molar-refractivity contribution in [1.29, 1.82) is 0 Å². The van der Waals surface area contributed by atoms with Gasteiger partial charge in [-0.1, -0.05) is 18.6 Å². The summed E-state index contributed by atoms with van der Waals surface area (Å²) in [7, 11) is 0. The summed E-state index contributed by atoms with van der Waals surface area (Å²) >= 11 is 0. The van der Waals surface area contributed by atoms with Gasteiger partial charge in [0.05, 0.1) is 12.6 Å². The van der Waals surface area contributed by atoms with E-state index in [4.69, 9.17) is 4.74 Å². The normalized spacial score (nSPS) is 30.2. The van der Waals surface area contributed by atoms with E-state index in [0.29, 0.717) is 12.5 Å². The van der Waals surface area contributed by atoms with Crippen LogP contribution in [0.1, 0.15) is 26.2 Å². The minimum absolute atomic E-state index is 0.145. The van der Waals surface area contributed by atoms with E-state index in [1.54, 1.807) is 0 Å². The van der Waals surface area contributed by atoms with Gasteiger partial charge in [-0.3, -0.25) is 0 Å². The second kappa shape index (κ2) is 4.03.